The summed E-state index contributed by atoms with van der Waals surface area (Å²) in [5, 5.41) is 7.22. The predicted molar refractivity (Wildman–Crippen MR) is 66.7 cm³/mol. The summed E-state index contributed by atoms with van der Waals surface area (Å²) >= 11 is 0. The lowest BCUT2D eigenvalue weighted by Gasteiger charge is -2.25. The van der Waals surface area contributed by atoms with Crippen LogP contribution in [0, 0.1) is 0 Å². The maximum atomic E-state index is 5.45. The molecular weight excluding hydrogens is 200 g/mol. The van der Waals surface area contributed by atoms with Crippen LogP contribution in [-0.4, -0.2) is 38.4 Å². The van der Waals surface area contributed by atoms with Crippen molar-refractivity contribution in [1.82, 2.24) is 10.6 Å². The van der Waals surface area contributed by atoms with E-state index in [0.717, 1.165) is 32.3 Å². The Bertz CT molecular complexity index is 173. The number of ether oxygens (including phenoxy) is 1. The monoisotopic (exact) mass is 226 g/mol. The van der Waals surface area contributed by atoms with Crippen LogP contribution in [-0.2, 0) is 4.74 Å². The summed E-state index contributed by atoms with van der Waals surface area (Å²) in [5.74, 6) is 0. The molecule has 0 bridgehead atoms. The van der Waals surface area contributed by atoms with Crippen LogP contribution in [0.5, 0.6) is 0 Å². The molecule has 16 heavy (non-hydrogen) atoms. The number of nitrogens with one attached hydrogen (secondary N) is 2. The lowest BCUT2D eigenvalue weighted by atomic mass is 10.1. The molecule has 1 heterocycles. The molecule has 2 N–H and O–H groups in total. The second-order valence-electron chi connectivity index (χ2n) is 5.16. The van der Waals surface area contributed by atoms with Crippen molar-refractivity contribution in [1.29, 1.82) is 0 Å². The van der Waals surface area contributed by atoms with E-state index in [1.165, 1.54) is 44.9 Å². The van der Waals surface area contributed by atoms with Crippen molar-refractivity contribution in [3.63, 3.8) is 0 Å². The van der Waals surface area contributed by atoms with Gasteiger partial charge in [0.05, 0.1) is 13.2 Å². The zero-order chi connectivity index (χ0) is 11.1. The number of hydrogen-bond acceptors (Lipinski definition) is 3. The van der Waals surface area contributed by atoms with Gasteiger partial charge in [0.25, 0.3) is 0 Å². The molecule has 1 aliphatic heterocycles. The molecule has 1 unspecified atom stereocenters. The first kappa shape index (κ1) is 12.3. The van der Waals surface area contributed by atoms with Gasteiger partial charge < -0.3 is 15.4 Å². The first-order valence-corrected chi connectivity index (χ1v) is 6.99. The van der Waals surface area contributed by atoms with Crippen LogP contribution in [0.25, 0.3) is 0 Å². The van der Waals surface area contributed by atoms with Crippen molar-refractivity contribution < 1.29 is 4.74 Å². The van der Waals surface area contributed by atoms with Gasteiger partial charge in [0.1, 0.15) is 0 Å². The minimum atomic E-state index is 0.576. The van der Waals surface area contributed by atoms with E-state index in [-0.39, 0.29) is 0 Å². The molecule has 3 nitrogen and oxygen atoms in total. The summed E-state index contributed by atoms with van der Waals surface area (Å²) in [4.78, 5) is 0. The third kappa shape index (κ3) is 4.40. The predicted octanol–water partition coefficient (Wildman–Crippen LogP) is 1.68. The van der Waals surface area contributed by atoms with Gasteiger partial charge in [-0.2, -0.15) is 0 Å². The van der Waals surface area contributed by atoms with Crippen molar-refractivity contribution in [2.24, 2.45) is 0 Å². The summed E-state index contributed by atoms with van der Waals surface area (Å²) < 4.78 is 5.45. The summed E-state index contributed by atoms with van der Waals surface area (Å²) in [5.41, 5.74) is 0. The second kappa shape index (κ2) is 7.25. The maximum absolute atomic E-state index is 5.45. The van der Waals surface area contributed by atoms with Gasteiger partial charge in [-0.25, -0.2) is 0 Å². The number of morpholine rings is 1. The normalized spacial score (nSPS) is 28.9. The first-order valence-electron chi connectivity index (χ1n) is 6.99. The van der Waals surface area contributed by atoms with Gasteiger partial charge in [-0.3, -0.25) is 0 Å². The first-order chi connectivity index (χ1) is 7.95. The Hall–Kier alpha value is -0.120. The highest BCUT2D eigenvalue weighted by Gasteiger charge is 2.14. The number of rotatable bonds is 4. The fourth-order valence-corrected chi connectivity index (χ4v) is 2.75. The summed E-state index contributed by atoms with van der Waals surface area (Å²) in [6, 6.07) is 1.36. The molecule has 0 spiro atoms. The molecule has 0 aromatic heterocycles. The van der Waals surface area contributed by atoms with Gasteiger partial charge in [-0.1, -0.05) is 25.7 Å². The van der Waals surface area contributed by atoms with E-state index in [2.05, 4.69) is 10.6 Å². The van der Waals surface area contributed by atoms with Crippen molar-refractivity contribution in [3.8, 4) is 0 Å². The van der Waals surface area contributed by atoms with Crippen LogP contribution in [0.4, 0.5) is 0 Å². The second-order valence-corrected chi connectivity index (χ2v) is 5.16. The smallest absolute Gasteiger partial charge is 0.0620 e. The quantitative estimate of drug-likeness (QED) is 0.716. The standard InChI is InChI=1S/C13H26N2O/c1-2-4-6-12(5-3-1)14-8-7-13-11-16-10-9-15-13/h12-15H,1-11H2. The van der Waals surface area contributed by atoms with Gasteiger partial charge >= 0.3 is 0 Å². The molecule has 1 saturated carbocycles. The molecule has 3 heteroatoms. The third-order valence-corrected chi connectivity index (χ3v) is 3.78. The van der Waals surface area contributed by atoms with Crippen molar-refractivity contribution in [2.75, 3.05) is 26.3 Å². The SMILES string of the molecule is C1CCCC(NCCC2COCCN2)CC1. The minimum absolute atomic E-state index is 0.576. The molecule has 0 aromatic rings. The largest absolute Gasteiger partial charge is 0.379 e. The minimum Gasteiger partial charge on any atom is -0.379 e. The van der Waals surface area contributed by atoms with Crippen LogP contribution in [0.3, 0.4) is 0 Å². The van der Waals surface area contributed by atoms with Gasteiger partial charge in [-0.05, 0) is 25.8 Å². The lowest BCUT2D eigenvalue weighted by Crippen LogP contribution is -2.43. The topological polar surface area (TPSA) is 33.3 Å². The van der Waals surface area contributed by atoms with Gasteiger partial charge in [-0.15, -0.1) is 0 Å². The Morgan fingerprint density at radius 1 is 1.12 bits per heavy atom. The Morgan fingerprint density at radius 2 is 1.94 bits per heavy atom. The molecule has 2 rings (SSSR count). The van der Waals surface area contributed by atoms with E-state index in [1.807, 2.05) is 0 Å². The molecular formula is C13H26N2O. The molecule has 2 aliphatic rings. The molecule has 0 radical (unpaired) electrons. The van der Waals surface area contributed by atoms with E-state index in [4.69, 9.17) is 4.74 Å². The van der Waals surface area contributed by atoms with Gasteiger partial charge in [0, 0.05) is 18.6 Å². The van der Waals surface area contributed by atoms with E-state index in [9.17, 15) is 0 Å². The summed E-state index contributed by atoms with van der Waals surface area (Å²) in [6.07, 6.45) is 9.69. The van der Waals surface area contributed by atoms with E-state index >= 15 is 0 Å². The Kier molecular flexibility index (Phi) is 5.59. The zero-order valence-corrected chi connectivity index (χ0v) is 10.3. The highest BCUT2D eigenvalue weighted by molar-refractivity contribution is 4.74. The van der Waals surface area contributed by atoms with Crippen LogP contribution >= 0.6 is 0 Å². The molecule has 94 valence electrons. The molecule has 1 aliphatic carbocycles. The van der Waals surface area contributed by atoms with Gasteiger partial charge in [0.15, 0.2) is 0 Å². The average molecular weight is 226 g/mol. The van der Waals surface area contributed by atoms with Crippen molar-refractivity contribution >= 4 is 0 Å². The fourth-order valence-electron chi connectivity index (χ4n) is 2.75. The van der Waals surface area contributed by atoms with E-state index in [1.54, 1.807) is 0 Å². The van der Waals surface area contributed by atoms with Crippen LogP contribution in [0.15, 0.2) is 0 Å². The zero-order valence-electron chi connectivity index (χ0n) is 10.3. The Labute approximate surface area is 99.3 Å². The lowest BCUT2D eigenvalue weighted by molar-refractivity contribution is 0.0739. The average Bonchev–Trinajstić information content (AvgIpc) is 2.59. The van der Waals surface area contributed by atoms with Crippen LogP contribution in [0.2, 0.25) is 0 Å². The van der Waals surface area contributed by atoms with Crippen molar-refractivity contribution in [2.45, 2.75) is 57.0 Å². The van der Waals surface area contributed by atoms with E-state index < -0.39 is 0 Å². The highest BCUT2D eigenvalue weighted by atomic mass is 16.5. The molecule has 0 aromatic carbocycles. The Morgan fingerprint density at radius 3 is 2.62 bits per heavy atom. The highest BCUT2D eigenvalue weighted by Crippen LogP contribution is 2.17. The van der Waals surface area contributed by atoms with Crippen molar-refractivity contribution in [3.05, 3.63) is 0 Å². The molecule has 1 saturated heterocycles. The van der Waals surface area contributed by atoms with Gasteiger partial charge in [0.2, 0.25) is 0 Å². The fraction of sp³-hybridized carbons (Fsp3) is 1.00. The summed E-state index contributed by atoms with van der Waals surface area (Å²) in [7, 11) is 0. The number of hydrogen-bond donors (Lipinski definition) is 2. The molecule has 1 atom stereocenters. The molecule has 2 fully saturated rings. The van der Waals surface area contributed by atoms with Crippen LogP contribution < -0.4 is 10.6 Å². The maximum Gasteiger partial charge on any atom is 0.0620 e. The third-order valence-electron chi connectivity index (χ3n) is 3.78. The Balaban J connectivity index is 1.55. The molecule has 0 amide bonds. The van der Waals surface area contributed by atoms with Crippen LogP contribution in [0.1, 0.15) is 44.9 Å². The van der Waals surface area contributed by atoms with E-state index in [0.29, 0.717) is 6.04 Å². The summed E-state index contributed by atoms with van der Waals surface area (Å²) in [6.45, 7) is 3.94.